The Morgan fingerprint density at radius 2 is 0.875 bits per heavy atom. The molecule has 6 atom stereocenters. The minimum absolute atomic E-state index is 0.175. The van der Waals surface area contributed by atoms with Crippen LogP contribution in [0, 0.1) is 23.5 Å². The molecule has 4 heterocycles. The van der Waals surface area contributed by atoms with Gasteiger partial charge in [0.1, 0.15) is 11.6 Å². The molecule has 2 fully saturated rings. The summed E-state index contributed by atoms with van der Waals surface area (Å²) in [7, 11) is 0. The van der Waals surface area contributed by atoms with Gasteiger partial charge in [-0.1, -0.05) is 60.7 Å². The third kappa shape index (κ3) is 4.65. The number of hydrogen-bond acceptors (Lipinski definition) is 4. The minimum atomic E-state index is -0.175. The summed E-state index contributed by atoms with van der Waals surface area (Å²) in [6.07, 6.45) is 2.29. The third-order valence-corrected chi connectivity index (χ3v) is 9.07. The van der Waals surface area contributed by atoms with Crippen LogP contribution in [0.1, 0.15) is 59.3 Å². The van der Waals surface area contributed by atoms with E-state index in [1.807, 2.05) is 24.3 Å². The summed E-state index contributed by atoms with van der Waals surface area (Å²) < 4.78 is 26.3. The average Bonchev–Trinajstić information content (AvgIpc) is 3.69. The summed E-state index contributed by atoms with van der Waals surface area (Å²) in [5.74, 6) is 0.697. The van der Waals surface area contributed by atoms with Gasteiger partial charge in [0, 0.05) is 35.3 Å². The van der Waals surface area contributed by atoms with E-state index < -0.39 is 0 Å². The SMILES string of the molecule is Fc1ccc([C@@H]2Nc3ccccc3[C@@H]3NCC[C@H]23)cc1.Fc1ccc([C@H]2Nc3ccccc3[C@H]3NCC[C@@H]23)cc1. The normalized spacial score (nSPS) is 27.6. The second-order valence-corrected chi connectivity index (χ2v) is 11.3. The molecule has 4 aliphatic rings. The Morgan fingerprint density at radius 3 is 1.30 bits per heavy atom. The van der Waals surface area contributed by atoms with Crippen LogP contribution in [0.2, 0.25) is 0 Å². The van der Waals surface area contributed by atoms with Crippen molar-refractivity contribution in [3.05, 3.63) is 131 Å². The maximum atomic E-state index is 13.1. The molecule has 6 heteroatoms. The molecule has 4 aromatic rings. The van der Waals surface area contributed by atoms with Gasteiger partial charge in [-0.15, -0.1) is 0 Å². The Morgan fingerprint density at radius 1 is 0.475 bits per heavy atom. The fourth-order valence-electron chi connectivity index (χ4n) is 7.20. The molecule has 4 aliphatic heterocycles. The lowest BCUT2D eigenvalue weighted by Gasteiger charge is -2.37. The number of fused-ring (bicyclic) bond motifs is 6. The monoisotopic (exact) mass is 536 g/mol. The molecule has 4 nitrogen and oxygen atoms in total. The Balaban J connectivity index is 0.000000132. The Labute approximate surface area is 234 Å². The quantitative estimate of drug-likeness (QED) is 0.217. The molecular weight excluding hydrogens is 502 g/mol. The zero-order chi connectivity index (χ0) is 27.1. The Kier molecular flexibility index (Phi) is 6.74. The fourth-order valence-corrected chi connectivity index (χ4v) is 7.20. The van der Waals surface area contributed by atoms with Crippen molar-refractivity contribution >= 4 is 11.4 Å². The molecule has 0 amide bonds. The van der Waals surface area contributed by atoms with Gasteiger partial charge in [0.05, 0.1) is 12.1 Å². The topological polar surface area (TPSA) is 48.1 Å². The summed E-state index contributed by atoms with van der Waals surface area (Å²) in [4.78, 5) is 0. The maximum absolute atomic E-state index is 13.1. The standard InChI is InChI=1S/2C17H17FN2/c2*18-12-7-5-11(6-8-12)16-14-9-10-19-17(14)13-3-1-2-4-15(13)20-16/h2*1-8,14,16-17,19-20H,9-10H2/t2*14-,16+,17+/m10/s1. The van der Waals surface area contributed by atoms with Gasteiger partial charge in [-0.3, -0.25) is 0 Å². The van der Waals surface area contributed by atoms with Crippen LogP contribution in [-0.2, 0) is 0 Å². The first-order valence-electron chi connectivity index (χ1n) is 14.3. The molecular formula is C34H34F2N4. The number of benzene rings is 4. The van der Waals surface area contributed by atoms with Crippen molar-refractivity contribution < 1.29 is 8.78 Å². The number of halogens is 2. The highest BCUT2D eigenvalue weighted by Crippen LogP contribution is 2.48. The summed E-state index contributed by atoms with van der Waals surface area (Å²) in [6.45, 7) is 2.09. The van der Waals surface area contributed by atoms with Crippen molar-refractivity contribution in [2.75, 3.05) is 23.7 Å². The lowest BCUT2D eigenvalue weighted by Crippen LogP contribution is -2.32. The van der Waals surface area contributed by atoms with Crippen LogP contribution in [0.25, 0.3) is 0 Å². The summed E-state index contributed by atoms with van der Waals surface area (Å²) in [5.41, 5.74) is 7.43. The van der Waals surface area contributed by atoms with E-state index in [1.54, 1.807) is 24.3 Å². The van der Waals surface area contributed by atoms with Gasteiger partial charge in [0.2, 0.25) is 0 Å². The van der Waals surface area contributed by atoms with Gasteiger partial charge < -0.3 is 21.3 Å². The number of rotatable bonds is 2. The molecule has 0 radical (unpaired) electrons. The van der Waals surface area contributed by atoms with Crippen molar-refractivity contribution in [3.8, 4) is 0 Å². The van der Waals surface area contributed by atoms with E-state index in [1.165, 1.54) is 33.6 Å². The van der Waals surface area contributed by atoms with Gasteiger partial charge in [-0.05, 0) is 84.6 Å². The number of hydrogen-bond donors (Lipinski definition) is 4. The molecule has 0 aliphatic carbocycles. The highest BCUT2D eigenvalue weighted by atomic mass is 19.1. The minimum Gasteiger partial charge on any atom is -0.378 e. The smallest absolute Gasteiger partial charge is 0.123 e. The molecule has 4 aromatic carbocycles. The summed E-state index contributed by atoms with van der Waals surface area (Å²) >= 11 is 0. The maximum Gasteiger partial charge on any atom is 0.123 e. The van der Waals surface area contributed by atoms with Crippen LogP contribution in [0.4, 0.5) is 20.2 Å². The molecule has 4 N–H and O–H groups in total. The van der Waals surface area contributed by atoms with Crippen molar-refractivity contribution in [1.29, 1.82) is 0 Å². The van der Waals surface area contributed by atoms with E-state index in [0.29, 0.717) is 23.9 Å². The van der Waals surface area contributed by atoms with Crippen molar-refractivity contribution in [3.63, 3.8) is 0 Å². The van der Waals surface area contributed by atoms with E-state index in [9.17, 15) is 8.78 Å². The van der Waals surface area contributed by atoms with E-state index in [2.05, 4.69) is 69.8 Å². The highest BCUT2D eigenvalue weighted by molar-refractivity contribution is 5.58. The van der Waals surface area contributed by atoms with E-state index in [0.717, 1.165) is 25.9 Å². The number of anilines is 2. The van der Waals surface area contributed by atoms with Crippen LogP contribution < -0.4 is 21.3 Å². The molecule has 0 spiro atoms. The first kappa shape index (κ1) is 25.2. The van der Waals surface area contributed by atoms with Crippen LogP contribution >= 0.6 is 0 Å². The molecule has 0 unspecified atom stereocenters. The highest BCUT2D eigenvalue weighted by Gasteiger charge is 2.41. The van der Waals surface area contributed by atoms with Crippen molar-refractivity contribution in [1.82, 2.24) is 10.6 Å². The average molecular weight is 537 g/mol. The molecule has 0 aromatic heterocycles. The molecule has 2 saturated heterocycles. The lowest BCUT2D eigenvalue weighted by atomic mass is 9.80. The van der Waals surface area contributed by atoms with Crippen molar-refractivity contribution in [2.24, 2.45) is 11.8 Å². The van der Waals surface area contributed by atoms with Gasteiger partial charge in [-0.25, -0.2) is 8.78 Å². The van der Waals surface area contributed by atoms with Crippen LogP contribution in [0.5, 0.6) is 0 Å². The number of para-hydroxylation sites is 2. The Bertz CT molecular complexity index is 1360. The van der Waals surface area contributed by atoms with Crippen LogP contribution in [-0.4, -0.2) is 13.1 Å². The zero-order valence-corrected chi connectivity index (χ0v) is 22.3. The largest absolute Gasteiger partial charge is 0.378 e. The fraction of sp³-hybridized carbons (Fsp3) is 0.294. The molecule has 204 valence electrons. The van der Waals surface area contributed by atoms with Gasteiger partial charge in [0.15, 0.2) is 0 Å². The number of nitrogens with one attached hydrogen (secondary N) is 4. The zero-order valence-electron chi connectivity index (χ0n) is 22.3. The van der Waals surface area contributed by atoms with E-state index in [4.69, 9.17) is 0 Å². The second kappa shape index (κ2) is 10.7. The first-order valence-corrected chi connectivity index (χ1v) is 14.3. The van der Waals surface area contributed by atoms with Crippen LogP contribution in [0.15, 0.2) is 97.1 Å². The first-order chi connectivity index (χ1) is 19.7. The molecule has 0 saturated carbocycles. The molecule has 8 rings (SSSR count). The van der Waals surface area contributed by atoms with E-state index >= 15 is 0 Å². The molecule has 0 bridgehead atoms. The Hall–Kier alpha value is -3.74. The lowest BCUT2D eigenvalue weighted by molar-refractivity contribution is 0.390. The summed E-state index contributed by atoms with van der Waals surface area (Å²) in [5, 5.41) is 14.5. The van der Waals surface area contributed by atoms with Gasteiger partial charge in [0.25, 0.3) is 0 Å². The van der Waals surface area contributed by atoms with E-state index in [-0.39, 0.29) is 23.7 Å². The van der Waals surface area contributed by atoms with Gasteiger partial charge >= 0.3 is 0 Å². The van der Waals surface area contributed by atoms with Gasteiger partial charge in [-0.2, -0.15) is 0 Å². The molecule has 40 heavy (non-hydrogen) atoms. The summed E-state index contributed by atoms with van der Waals surface area (Å²) in [6, 6.07) is 32.1. The predicted molar refractivity (Wildman–Crippen MR) is 156 cm³/mol. The second-order valence-electron chi connectivity index (χ2n) is 11.3. The predicted octanol–water partition coefficient (Wildman–Crippen LogP) is 7.29. The van der Waals surface area contributed by atoms with Crippen molar-refractivity contribution in [2.45, 2.75) is 37.0 Å². The third-order valence-electron chi connectivity index (χ3n) is 9.07. The van der Waals surface area contributed by atoms with Crippen LogP contribution in [0.3, 0.4) is 0 Å².